The molecule has 106 valence electrons. The van der Waals surface area contributed by atoms with Crippen LogP contribution in [-0.4, -0.2) is 13.4 Å². The smallest absolute Gasteiger partial charge is 0.356 e. The molecule has 0 bridgehead atoms. The van der Waals surface area contributed by atoms with Gasteiger partial charge in [0.2, 0.25) is 0 Å². The maximum Gasteiger partial charge on any atom is 0.356 e. The molecule has 0 aliphatic carbocycles. The maximum atomic E-state index is 12.2. The van der Waals surface area contributed by atoms with E-state index in [4.69, 9.17) is 4.18 Å². The van der Waals surface area contributed by atoms with Gasteiger partial charge in [-0.15, -0.1) is 0 Å². The Morgan fingerprint density at radius 2 is 1.76 bits per heavy atom. The van der Waals surface area contributed by atoms with E-state index in [0.29, 0.717) is 5.69 Å². The van der Waals surface area contributed by atoms with Gasteiger partial charge in [-0.25, -0.2) is 4.98 Å². The summed E-state index contributed by atoms with van der Waals surface area (Å²) >= 11 is 1.53. The number of benzene rings is 1. The molecule has 0 fully saturated rings. The molecule has 1 aromatic carbocycles. The second kappa shape index (κ2) is 5.67. The Morgan fingerprint density at radius 1 is 0.952 bits per heavy atom. The van der Waals surface area contributed by atoms with Crippen molar-refractivity contribution in [3.8, 4) is 17.0 Å². The van der Waals surface area contributed by atoms with Gasteiger partial charge >= 0.3 is 10.1 Å². The Bertz CT molecular complexity index is 828. The fourth-order valence-electron chi connectivity index (χ4n) is 1.77. The van der Waals surface area contributed by atoms with E-state index in [9.17, 15) is 8.42 Å². The average molecular weight is 317 g/mol. The summed E-state index contributed by atoms with van der Waals surface area (Å²) in [5, 5.41) is 3.73. The van der Waals surface area contributed by atoms with Crippen LogP contribution >= 0.6 is 11.3 Å². The molecule has 0 atom stereocenters. The molecule has 21 heavy (non-hydrogen) atoms. The van der Waals surface area contributed by atoms with Crippen molar-refractivity contribution in [3.05, 3.63) is 65.4 Å². The zero-order valence-electron chi connectivity index (χ0n) is 10.8. The molecule has 0 amide bonds. The molecule has 0 aliphatic rings. The van der Waals surface area contributed by atoms with Gasteiger partial charge in [-0.05, 0) is 35.7 Å². The number of rotatable bonds is 4. The third-order valence-electron chi connectivity index (χ3n) is 2.75. The fraction of sp³-hybridized carbons (Fsp3) is 0. The van der Waals surface area contributed by atoms with Crippen molar-refractivity contribution < 1.29 is 12.6 Å². The highest BCUT2D eigenvalue weighted by Crippen LogP contribution is 2.23. The van der Waals surface area contributed by atoms with Crippen LogP contribution in [0.3, 0.4) is 0 Å². The highest BCUT2D eigenvalue weighted by Gasteiger charge is 2.19. The summed E-state index contributed by atoms with van der Waals surface area (Å²) in [5.74, 6) is 0.264. The molecule has 2 heterocycles. The van der Waals surface area contributed by atoms with Crippen LogP contribution in [0.1, 0.15) is 0 Å². The molecule has 0 aliphatic heterocycles. The lowest BCUT2D eigenvalue weighted by atomic mass is 10.2. The molecule has 0 radical (unpaired) electrons. The van der Waals surface area contributed by atoms with Gasteiger partial charge in [0.1, 0.15) is 5.75 Å². The number of thiophene rings is 1. The Morgan fingerprint density at radius 3 is 2.48 bits per heavy atom. The number of hydrogen-bond acceptors (Lipinski definition) is 5. The van der Waals surface area contributed by atoms with E-state index in [1.807, 2.05) is 16.8 Å². The predicted octanol–water partition coefficient (Wildman–Crippen LogP) is 3.58. The number of hydrogen-bond donors (Lipinski definition) is 0. The van der Waals surface area contributed by atoms with Gasteiger partial charge < -0.3 is 4.18 Å². The number of nitrogens with zero attached hydrogens (tertiary/aromatic N) is 1. The molecule has 0 saturated heterocycles. The Labute approximate surface area is 126 Å². The van der Waals surface area contributed by atoms with Crippen LogP contribution in [0.15, 0.2) is 70.4 Å². The van der Waals surface area contributed by atoms with Gasteiger partial charge in [-0.2, -0.15) is 19.8 Å². The second-order valence-corrected chi connectivity index (χ2v) is 6.50. The molecule has 6 heteroatoms. The Kier molecular flexibility index (Phi) is 3.72. The molecule has 0 saturated carbocycles. The van der Waals surface area contributed by atoms with E-state index in [1.165, 1.54) is 17.4 Å². The lowest BCUT2D eigenvalue weighted by Gasteiger charge is -2.07. The summed E-state index contributed by atoms with van der Waals surface area (Å²) in [6, 6.07) is 15.1. The number of para-hydroxylation sites is 1. The molecular formula is C15H11NO3S2. The maximum absolute atomic E-state index is 12.2. The van der Waals surface area contributed by atoms with Crippen LogP contribution in [0, 0.1) is 0 Å². The third kappa shape index (κ3) is 3.12. The molecule has 3 aromatic rings. The summed E-state index contributed by atoms with van der Waals surface area (Å²) < 4.78 is 29.6. The first-order valence-electron chi connectivity index (χ1n) is 6.14. The van der Waals surface area contributed by atoms with Crippen molar-refractivity contribution >= 4 is 21.5 Å². The molecular weight excluding hydrogens is 306 g/mol. The lowest BCUT2D eigenvalue weighted by Crippen LogP contribution is -2.11. The minimum absolute atomic E-state index is 0.102. The van der Waals surface area contributed by atoms with Crippen LogP contribution < -0.4 is 4.18 Å². The molecule has 3 rings (SSSR count). The Hall–Kier alpha value is -2.18. The fourth-order valence-corrected chi connectivity index (χ4v) is 3.33. The largest absolute Gasteiger partial charge is 0.378 e. The van der Waals surface area contributed by atoms with Crippen LogP contribution in [0.5, 0.6) is 5.75 Å². The molecule has 4 nitrogen and oxygen atoms in total. The summed E-state index contributed by atoms with van der Waals surface area (Å²) in [6.07, 6.45) is 0. The van der Waals surface area contributed by atoms with Gasteiger partial charge in [-0.1, -0.05) is 24.3 Å². The SMILES string of the molecule is O=S(=O)(Oc1ccccc1)c1cccc(-c2ccsc2)n1. The van der Waals surface area contributed by atoms with E-state index >= 15 is 0 Å². The minimum atomic E-state index is -3.93. The number of pyridine rings is 1. The van der Waals surface area contributed by atoms with Gasteiger partial charge in [0.15, 0.2) is 5.03 Å². The highest BCUT2D eigenvalue weighted by atomic mass is 32.2. The minimum Gasteiger partial charge on any atom is -0.378 e. The predicted molar refractivity (Wildman–Crippen MR) is 81.8 cm³/mol. The van der Waals surface area contributed by atoms with E-state index in [2.05, 4.69) is 4.98 Å². The quantitative estimate of drug-likeness (QED) is 0.690. The summed E-state index contributed by atoms with van der Waals surface area (Å²) in [6.45, 7) is 0. The standard InChI is InChI=1S/C15H11NO3S2/c17-21(18,19-13-5-2-1-3-6-13)15-8-4-7-14(16-15)12-9-10-20-11-12/h1-11H. The molecule has 0 N–H and O–H groups in total. The second-order valence-electron chi connectivity index (χ2n) is 4.22. The van der Waals surface area contributed by atoms with Crippen LogP contribution in [0.25, 0.3) is 11.3 Å². The molecule has 0 unspecified atom stereocenters. The van der Waals surface area contributed by atoms with Gasteiger partial charge in [0.05, 0.1) is 5.69 Å². The van der Waals surface area contributed by atoms with Crippen LogP contribution in [0.4, 0.5) is 0 Å². The lowest BCUT2D eigenvalue weighted by molar-refractivity contribution is 0.482. The van der Waals surface area contributed by atoms with Gasteiger partial charge in [0, 0.05) is 10.9 Å². The first kappa shape index (κ1) is 13.8. The molecule has 2 aromatic heterocycles. The topological polar surface area (TPSA) is 56.3 Å². The van der Waals surface area contributed by atoms with Crippen molar-refractivity contribution in [1.82, 2.24) is 4.98 Å². The van der Waals surface area contributed by atoms with Crippen molar-refractivity contribution in [2.75, 3.05) is 0 Å². The monoisotopic (exact) mass is 317 g/mol. The summed E-state index contributed by atoms with van der Waals surface area (Å²) in [4.78, 5) is 4.18. The van der Waals surface area contributed by atoms with Crippen molar-refractivity contribution in [2.45, 2.75) is 5.03 Å². The first-order chi connectivity index (χ1) is 10.1. The van der Waals surface area contributed by atoms with E-state index in [-0.39, 0.29) is 10.8 Å². The normalized spacial score (nSPS) is 11.2. The average Bonchev–Trinajstić information content (AvgIpc) is 3.02. The summed E-state index contributed by atoms with van der Waals surface area (Å²) in [5.41, 5.74) is 1.49. The van der Waals surface area contributed by atoms with Crippen LogP contribution in [0.2, 0.25) is 0 Å². The number of aromatic nitrogens is 1. The third-order valence-corrected chi connectivity index (χ3v) is 4.58. The van der Waals surface area contributed by atoms with Crippen molar-refractivity contribution in [1.29, 1.82) is 0 Å². The summed E-state index contributed by atoms with van der Waals surface area (Å²) in [7, 11) is -3.93. The van der Waals surface area contributed by atoms with Crippen molar-refractivity contribution in [3.63, 3.8) is 0 Å². The van der Waals surface area contributed by atoms with E-state index < -0.39 is 10.1 Å². The zero-order valence-corrected chi connectivity index (χ0v) is 12.5. The van der Waals surface area contributed by atoms with Gasteiger partial charge in [0.25, 0.3) is 0 Å². The van der Waals surface area contributed by atoms with E-state index in [0.717, 1.165) is 5.56 Å². The van der Waals surface area contributed by atoms with Crippen LogP contribution in [-0.2, 0) is 10.1 Å². The zero-order chi connectivity index (χ0) is 14.7. The Balaban J connectivity index is 1.94. The highest BCUT2D eigenvalue weighted by molar-refractivity contribution is 7.87. The molecule has 0 spiro atoms. The van der Waals surface area contributed by atoms with Crippen molar-refractivity contribution in [2.24, 2.45) is 0 Å². The van der Waals surface area contributed by atoms with E-state index in [1.54, 1.807) is 42.5 Å². The first-order valence-corrected chi connectivity index (χ1v) is 8.49. The van der Waals surface area contributed by atoms with Gasteiger partial charge in [-0.3, -0.25) is 0 Å².